The monoisotopic (exact) mass is 400 g/mol. The minimum atomic E-state index is -0.250. The molecule has 2 heterocycles. The van der Waals surface area contributed by atoms with Crippen molar-refractivity contribution in [3.8, 4) is 0 Å². The van der Waals surface area contributed by atoms with E-state index in [0.717, 1.165) is 42.6 Å². The van der Waals surface area contributed by atoms with Crippen LogP contribution in [0.4, 0.5) is 0 Å². The first kappa shape index (κ1) is 19.6. The number of fused-ring (bicyclic) bond motifs is 7. The molecule has 6 fully saturated rings. The molecule has 0 amide bonds. The van der Waals surface area contributed by atoms with Crippen molar-refractivity contribution < 1.29 is 9.47 Å². The molecule has 4 aliphatic carbocycles. The van der Waals surface area contributed by atoms with Gasteiger partial charge in [-0.05, 0) is 97.7 Å². The summed E-state index contributed by atoms with van der Waals surface area (Å²) in [6.45, 7) is 11.1. The van der Waals surface area contributed by atoms with Gasteiger partial charge in [0.1, 0.15) is 0 Å². The van der Waals surface area contributed by atoms with Crippen LogP contribution in [0.15, 0.2) is 0 Å². The average Bonchev–Trinajstić information content (AvgIpc) is 3.15. The maximum absolute atomic E-state index is 6.92. The smallest absolute Gasteiger partial charge is 0.171 e. The molecule has 164 valence electrons. The van der Waals surface area contributed by atoms with Crippen LogP contribution in [0.1, 0.15) is 98.3 Å². The third-order valence-corrected chi connectivity index (χ3v) is 11.9. The van der Waals surface area contributed by atoms with E-state index in [2.05, 4.69) is 27.7 Å². The molecule has 1 spiro atoms. The molecule has 6 aliphatic rings. The lowest BCUT2D eigenvalue weighted by molar-refractivity contribution is -0.273. The van der Waals surface area contributed by atoms with Crippen molar-refractivity contribution in [1.82, 2.24) is 0 Å². The summed E-state index contributed by atoms with van der Waals surface area (Å²) in [6.07, 6.45) is 16.2. The Morgan fingerprint density at radius 3 is 2.45 bits per heavy atom. The van der Waals surface area contributed by atoms with Crippen LogP contribution >= 0.6 is 0 Å². The molecule has 2 saturated heterocycles. The predicted molar refractivity (Wildman–Crippen MR) is 116 cm³/mol. The van der Waals surface area contributed by atoms with Gasteiger partial charge in [0.25, 0.3) is 0 Å². The Morgan fingerprint density at radius 2 is 1.66 bits per heavy atom. The van der Waals surface area contributed by atoms with Gasteiger partial charge in [-0.2, -0.15) is 0 Å². The Labute approximate surface area is 178 Å². The Morgan fingerprint density at radius 1 is 0.793 bits per heavy atom. The SMILES string of the molecule is CC1CCC2(OC1)O[C@H]1CC3C4CC[C@@H]5CCCC[C@]5(C)C4CC[C@]3(C)C1[C@@H]2C. The minimum absolute atomic E-state index is 0.250. The third kappa shape index (κ3) is 2.54. The van der Waals surface area contributed by atoms with E-state index in [-0.39, 0.29) is 5.79 Å². The molecule has 0 N–H and O–H groups in total. The maximum atomic E-state index is 6.92. The highest BCUT2D eigenvalue weighted by Crippen LogP contribution is 2.71. The van der Waals surface area contributed by atoms with Crippen LogP contribution in [0.5, 0.6) is 0 Å². The second-order valence-electron chi connectivity index (χ2n) is 12.9. The van der Waals surface area contributed by atoms with E-state index in [4.69, 9.17) is 9.47 Å². The largest absolute Gasteiger partial charge is 0.349 e. The number of ether oxygens (including phenoxy) is 2. The van der Waals surface area contributed by atoms with Crippen LogP contribution in [0.25, 0.3) is 0 Å². The Bertz CT molecular complexity index is 651. The van der Waals surface area contributed by atoms with Crippen molar-refractivity contribution in [1.29, 1.82) is 0 Å². The van der Waals surface area contributed by atoms with Gasteiger partial charge in [-0.15, -0.1) is 0 Å². The van der Waals surface area contributed by atoms with Gasteiger partial charge < -0.3 is 9.47 Å². The van der Waals surface area contributed by atoms with Gasteiger partial charge in [-0.3, -0.25) is 0 Å². The second kappa shape index (κ2) is 6.47. The van der Waals surface area contributed by atoms with Crippen LogP contribution < -0.4 is 0 Å². The van der Waals surface area contributed by atoms with Crippen molar-refractivity contribution >= 4 is 0 Å². The van der Waals surface area contributed by atoms with Gasteiger partial charge in [0.2, 0.25) is 0 Å². The zero-order valence-electron chi connectivity index (χ0n) is 19.4. The van der Waals surface area contributed by atoms with E-state index in [1.165, 1.54) is 64.2 Å². The van der Waals surface area contributed by atoms with E-state index in [9.17, 15) is 0 Å². The fourth-order valence-corrected chi connectivity index (χ4v) is 10.3. The lowest BCUT2D eigenvalue weighted by Crippen LogP contribution is -2.54. The van der Waals surface area contributed by atoms with E-state index in [1.54, 1.807) is 0 Å². The van der Waals surface area contributed by atoms with E-state index >= 15 is 0 Å². The Kier molecular flexibility index (Phi) is 4.37. The van der Waals surface area contributed by atoms with Crippen molar-refractivity contribution in [2.75, 3.05) is 6.61 Å². The first-order chi connectivity index (χ1) is 13.9. The van der Waals surface area contributed by atoms with Crippen LogP contribution in [-0.2, 0) is 9.47 Å². The third-order valence-electron chi connectivity index (χ3n) is 11.9. The summed E-state index contributed by atoms with van der Waals surface area (Å²) < 4.78 is 13.4. The summed E-state index contributed by atoms with van der Waals surface area (Å²) in [4.78, 5) is 0. The summed E-state index contributed by atoms with van der Waals surface area (Å²) in [5, 5.41) is 0. The lowest BCUT2D eigenvalue weighted by atomic mass is 9.44. The molecule has 6 rings (SSSR count). The summed E-state index contributed by atoms with van der Waals surface area (Å²) in [6, 6.07) is 0. The maximum Gasteiger partial charge on any atom is 0.171 e. The molecule has 0 radical (unpaired) electrons. The molecule has 29 heavy (non-hydrogen) atoms. The van der Waals surface area contributed by atoms with Gasteiger partial charge in [0.05, 0.1) is 12.7 Å². The topological polar surface area (TPSA) is 18.5 Å². The van der Waals surface area contributed by atoms with E-state index < -0.39 is 0 Å². The zero-order chi connectivity index (χ0) is 20.0. The molecule has 2 aliphatic heterocycles. The highest BCUT2D eigenvalue weighted by atomic mass is 16.7. The lowest BCUT2D eigenvalue weighted by Gasteiger charge is -2.61. The average molecular weight is 401 g/mol. The van der Waals surface area contributed by atoms with Crippen molar-refractivity contribution in [2.45, 2.75) is 110 Å². The van der Waals surface area contributed by atoms with Gasteiger partial charge in [0, 0.05) is 12.3 Å². The van der Waals surface area contributed by atoms with Gasteiger partial charge >= 0.3 is 0 Å². The minimum Gasteiger partial charge on any atom is -0.349 e. The van der Waals surface area contributed by atoms with Crippen molar-refractivity contribution in [3.63, 3.8) is 0 Å². The normalized spacial score (nSPS) is 61.7. The molecule has 6 unspecified atom stereocenters. The molecule has 4 saturated carbocycles. The molecule has 11 atom stereocenters. The molecular formula is C27H44O2. The van der Waals surface area contributed by atoms with Gasteiger partial charge in [0.15, 0.2) is 5.79 Å². The fraction of sp³-hybridized carbons (Fsp3) is 1.00. The van der Waals surface area contributed by atoms with Crippen LogP contribution in [-0.4, -0.2) is 18.5 Å². The Balaban J connectivity index is 1.27. The van der Waals surface area contributed by atoms with Crippen molar-refractivity contribution in [2.24, 2.45) is 52.3 Å². The second-order valence-corrected chi connectivity index (χ2v) is 12.9. The van der Waals surface area contributed by atoms with Crippen LogP contribution in [0.3, 0.4) is 0 Å². The van der Waals surface area contributed by atoms with Crippen LogP contribution in [0, 0.1) is 52.3 Å². The summed E-state index contributed by atoms with van der Waals surface area (Å²) in [7, 11) is 0. The first-order valence-electron chi connectivity index (χ1n) is 13.2. The predicted octanol–water partition coefficient (Wildman–Crippen LogP) is 6.82. The number of hydrogen-bond acceptors (Lipinski definition) is 2. The molecule has 2 heteroatoms. The standard InChI is InChI=1S/C27H44O2/c1-17-10-14-27(28-16-17)18(2)24-23(29-27)15-22-20-9-8-19-7-5-6-12-25(19,3)21(20)11-13-26(22,24)4/h17-24H,5-16H2,1-4H3/t17?,18-,19-,20?,21?,22?,23-,24?,25-,26-,27?/m0/s1. The van der Waals surface area contributed by atoms with Gasteiger partial charge in [-0.1, -0.05) is 40.5 Å². The van der Waals surface area contributed by atoms with Crippen LogP contribution in [0.2, 0.25) is 0 Å². The molecule has 0 aromatic carbocycles. The van der Waals surface area contributed by atoms with Crippen molar-refractivity contribution in [3.05, 3.63) is 0 Å². The zero-order valence-corrected chi connectivity index (χ0v) is 19.4. The summed E-state index contributed by atoms with van der Waals surface area (Å²) in [5.74, 6) is 5.62. The molecule has 0 aromatic heterocycles. The quantitative estimate of drug-likeness (QED) is 0.444. The van der Waals surface area contributed by atoms with Gasteiger partial charge in [-0.25, -0.2) is 0 Å². The summed E-state index contributed by atoms with van der Waals surface area (Å²) in [5.41, 5.74) is 1.13. The Hall–Kier alpha value is -0.0800. The summed E-state index contributed by atoms with van der Waals surface area (Å²) >= 11 is 0. The number of rotatable bonds is 0. The highest BCUT2D eigenvalue weighted by Gasteiger charge is 2.68. The molecular weight excluding hydrogens is 356 g/mol. The van der Waals surface area contributed by atoms with E-state index in [0.29, 0.717) is 28.8 Å². The molecule has 0 aromatic rings. The van der Waals surface area contributed by atoms with E-state index in [1.807, 2.05) is 0 Å². The first-order valence-corrected chi connectivity index (χ1v) is 13.2. The number of hydrogen-bond donors (Lipinski definition) is 0. The molecule has 2 nitrogen and oxygen atoms in total. The fourth-order valence-electron chi connectivity index (χ4n) is 10.3. The molecule has 0 bridgehead atoms. The highest BCUT2D eigenvalue weighted by molar-refractivity contribution is 5.15.